The zero-order valence-corrected chi connectivity index (χ0v) is 23.5. The van der Waals surface area contributed by atoms with Crippen LogP contribution in [0.4, 0.5) is 30.2 Å². The van der Waals surface area contributed by atoms with Crippen LogP contribution in [0.25, 0.3) is 6.08 Å². The summed E-state index contributed by atoms with van der Waals surface area (Å²) >= 11 is 0. The molecule has 1 unspecified atom stereocenters. The van der Waals surface area contributed by atoms with Gasteiger partial charge >= 0.3 is 6.18 Å². The van der Waals surface area contributed by atoms with Gasteiger partial charge in [-0.3, -0.25) is 9.59 Å². The average Bonchev–Trinajstić information content (AvgIpc) is 3.00. The van der Waals surface area contributed by atoms with Crippen LogP contribution < -0.4 is 21.3 Å². The van der Waals surface area contributed by atoms with E-state index in [1.54, 1.807) is 54.6 Å². The molecule has 1 atom stereocenters. The number of amides is 2. The number of likely N-dealkylation sites (tertiary alicyclic amines) is 1. The zero-order valence-electron chi connectivity index (χ0n) is 23.5. The summed E-state index contributed by atoms with van der Waals surface area (Å²) in [5.41, 5.74) is 7.24. The second kappa shape index (κ2) is 14.5. The molecule has 1 heterocycles. The van der Waals surface area contributed by atoms with Gasteiger partial charge in [-0.15, -0.1) is 0 Å². The quantitative estimate of drug-likeness (QED) is 0.123. The highest BCUT2D eigenvalue weighted by Crippen LogP contribution is 2.31. The summed E-state index contributed by atoms with van der Waals surface area (Å²) < 4.78 is 39.2. The number of nitrogens with one attached hydrogen (secondary N) is 2. The van der Waals surface area contributed by atoms with Gasteiger partial charge in [0.05, 0.1) is 22.6 Å². The van der Waals surface area contributed by atoms with E-state index >= 15 is 0 Å². The maximum absolute atomic E-state index is 13.7. The SMILES string of the molecule is N#CN(C(=O)C(NCCN1CCCCC1)c1ccc(C=CC(=O)Nc2ccccc2N)cc1)c1ccc(C(F)(F)F)cc1. The minimum atomic E-state index is -4.54. The monoisotopic (exact) mass is 590 g/mol. The second-order valence-electron chi connectivity index (χ2n) is 10.2. The minimum absolute atomic E-state index is 0.0351. The zero-order chi connectivity index (χ0) is 30.8. The van der Waals surface area contributed by atoms with Crippen LogP contribution in [-0.4, -0.2) is 42.9 Å². The number of para-hydroxylation sites is 2. The van der Waals surface area contributed by atoms with E-state index < -0.39 is 23.7 Å². The van der Waals surface area contributed by atoms with Crippen LogP contribution in [0.5, 0.6) is 0 Å². The van der Waals surface area contributed by atoms with Gasteiger partial charge in [-0.1, -0.05) is 42.8 Å². The number of alkyl halides is 3. The second-order valence-corrected chi connectivity index (χ2v) is 10.2. The van der Waals surface area contributed by atoms with Crippen LogP contribution in [0.15, 0.2) is 78.9 Å². The van der Waals surface area contributed by atoms with Crippen molar-refractivity contribution in [1.82, 2.24) is 10.2 Å². The highest BCUT2D eigenvalue weighted by Gasteiger charge is 2.31. The molecule has 4 N–H and O–H groups in total. The fourth-order valence-electron chi connectivity index (χ4n) is 4.82. The van der Waals surface area contributed by atoms with Gasteiger partial charge in [0.15, 0.2) is 6.19 Å². The third-order valence-electron chi connectivity index (χ3n) is 7.16. The number of hydrogen-bond donors (Lipinski definition) is 3. The fourth-order valence-corrected chi connectivity index (χ4v) is 4.82. The molecule has 3 aromatic rings. The molecule has 1 saturated heterocycles. The molecule has 2 amide bonds. The van der Waals surface area contributed by atoms with E-state index in [2.05, 4.69) is 15.5 Å². The first kappa shape index (κ1) is 31.3. The molecule has 0 radical (unpaired) electrons. The molecule has 0 aromatic heterocycles. The van der Waals surface area contributed by atoms with Crippen molar-refractivity contribution >= 4 is 35.0 Å². The van der Waals surface area contributed by atoms with Crippen molar-refractivity contribution < 1.29 is 22.8 Å². The molecular formula is C32H33F3N6O2. The van der Waals surface area contributed by atoms with Gasteiger partial charge in [-0.05, 0) is 79.5 Å². The van der Waals surface area contributed by atoms with Gasteiger partial charge in [0.25, 0.3) is 5.91 Å². The van der Waals surface area contributed by atoms with Crippen molar-refractivity contribution in [3.63, 3.8) is 0 Å². The Morgan fingerprint density at radius 1 is 1.00 bits per heavy atom. The fraction of sp³-hybridized carbons (Fsp3) is 0.281. The number of hydrogen-bond acceptors (Lipinski definition) is 6. The summed E-state index contributed by atoms with van der Waals surface area (Å²) in [5, 5.41) is 15.8. The predicted molar refractivity (Wildman–Crippen MR) is 161 cm³/mol. The van der Waals surface area contributed by atoms with Gasteiger partial charge in [0, 0.05) is 19.2 Å². The van der Waals surface area contributed by atoms with E-state index in [1.807, 2.05) is 6.19 Å². The lowest BCUT2D eigenvalue weighted by Gasteiger charge is -2.28. The van der Waals surface area contributed by atoms with Crippen molar-refractivity contribution in [2.45, 2.75) is 31.5 Å². The van der Waals surface area contributed by atoms with Crippen molar-refractivity contribution in [1.29, 1.82) is 5.26 Å². The Hall–Kier alpha value is -4.66. The van der Waals surface area contributed by atoms with Gasteiger partial charge in [0.1, 0.15) is 6.04 Å². The Kier molecular flexibility index (Phi) is 10.5. The molecule has 3 aromatic carbocycles. The number of halogens is 3. The van der Waals surface area contributed by atoms with Crippen LogP contribution in [0.2, 0.25) is 0 Å². The smallest absolute Gasteiger partial charge is 0.397 e. The lowest BCUT2D eigenvalue weighted by atomic mass is 10.0. The third-order valence-corrected chi connectivity index (χ3v) is 7.16. The molecule has 0 aliphatic carbocycles. The first-order chi connectivity index (χ1) is 20.7. The Labute approximate surface area is 248 Å². The van der Waals surface area contributed by atoms with Crippen molar-refractivity contribution in [3.8, 4) is 6.19 Å². The van der Waals surface area contributed by atoms with Crippen molar-refractivity contribution in [2.24, 2.45) is 0 Å². The molecule has 224 valence electrons. The lowest BCUT2D eigenvalue weighted by molar-refractivity contribution is -0.137. The van der Waals surface area contributed by atoms with E-state index in [4.69, 9.17) is 5.73 Å². The highest BCUT2D eigenvalue weighted by molar-refractivity contribution is 6.03. The molecule has 4 rings (SSSR count). The maximum Gasteiger partial charge on any atom is 0.416 e. The van der Waals surface area contributed by atoms with Crippen LogP contribution >= 0.6 is 0 Å². The number of nitrogens with zero attached hydrogens (tertiary/aromatic N) is 3. The first-order valence-electron chi connectivity index (χ1n) is 14.0. The molecule has 1 aliphatic heterocycles. The summed E-state index contributed by atoms with van der Waals surface area (Å²) in [6.07, 6.45) is 3.69. The number of rotatable bonds is 10. The topological polar surface area (TPSA) is 114 Å². The number of carbonyl (C=O) groups excluding carboxylic acids is 2. The highest BCUT2D eigenvalue weighted by atomic mass is 19.4. The number of carbonyl (C=O) groups is 2. The van der Waals surface area contributed by atoms with Crippen molar-refractivity contribution in [3.05, 3.63) is 95.6 Å². The molecule has 11 heteroatoms. The van der Waals surface area contributed by atoms with E-state index in [0.717, 1.165) is 55.1 Å². The van der Waals surface area contributed by atoms with E-state index in [0.29, 0.717) is 35.6 Å². The summed E-state index contributed by atoms with van der Waals surface area (Å²) in [4.78, 5) is 29.1. The maximum atomic E-state index is 13.7. The van der Waals surface area contributed by atoms with Gasteiger partial charge in [0.2, 0.25) is 5.91 Å². The summed E-state index contributed by atoms with van der Waals surface area (Å²) in [7, 11) is 0. The molecule has 8 nitrogen and oxygen atoms in total. The Morgan fingerprint density at radius 2 is 1.67 bits per heavy atom. The number of piperidine rings is 1. The molecule has 0 spiro atoms. The number of nitrogen functional groups attached to an aromatic ring is 1. The normalized spacial score (nSPS) is 14.7. The van der Waals surface area contributed by atoms with Crippen LogP contribution in [0.1, 0.15) is 42.0 Å². The minimum Gasteiger partial charge on any atom is -0.397 e. The van der Waals surface area contributed by atoms with Gasteiger partial charge in [-0.2, -0.15) is 18.4 Å². The molecule has 1 aliphatic rings. The predicted octanol–water partition coefficient (Wildman–Crippen LogP) is 5.57. The standard InChI is InChI=1S/C32H33F3N6O2/c33-32(34,35)25-13-15-26(16-14-25)41(22-36)31(43)30(38-18-21-40-19-4-1-5-20-40)24-11-8-23(9-12-24)10-17-29(42)39-28-7-3-2-6-27(28)37/h2-3,6-17,30,38H,1,4-5,18-21,37H2,(H,39,42). The van der Waals surface area contributed by atoms with Gasteiger partial charge in [-0.25, -0.2) is 4.90 Å². The van der Waals surface area contributed by atoms with Crippen LogP contribution in [0, 0.1) is 11.5 Å². The molecular weight excluding hydrogens is 557 g/mol. The van der Waals surface area contributed by atoms with E-state index in [9.17, 15) is 28.0 Å². The average molecular weight is 591 g/mol. The Balaban J connectivity index is 1.50. The molecule has 1 fully saturated rings. The number of nitriles is 1. The lowest BCUT2D eigenvalue weighted by Crippen LogP contribution is -2.42. The first-order valence-corrected chi connectivity index (χ1v) is 14.0. The molecule has 43 heavy (non-hydrogen) atoms. The van der Waals surface area contributed by atoms with Gasteiger partial charge < -0.3 is 21.3 Å². The summed E-state index contributed by atoms with van der Waals surface area (Å²) in [6, 6.07) is 16.8. The van der Waals surface area contributed by atoms with E-state index in [-0.39, 0.29) is 11.6 Å². The third kappa shape index (κ3) is 8.67. The largest absolute Gasteiger partial charge is 0.416 e. The number of nitrogens with two attached hydrogens (primary N) is 1. The summed E-state index contributed by atoms with van der Waals surface area (Å²) in [5.74, 6) is -0.986. The Morgan fingerprint density at radius 3 is 2.30 bits per heavy atom. The van der Waals surface area contributed by atoms with Crippen LogP contribution in [0.3, 0.4) is 0 Å². The number of anilines is 3. The Bertz CT molecular complexity index is 1460. The van der Waals surface area contributed by atoms with E-state index in [1.165, 1.54) is 12.5 Å². The van der Waals surface area contributed by atoms with Crippen LogP contribution in [-0.2, 0) is 15.8 Å². The molecule has 0 saturated carbocycles. The summed E-state index contributed by atoms with van der Waals surface area (Å²) in [6.45, 7) is 3.12. The number of benzene rings is 3. The molecule has 0 bridgehead atoms. The van der Waals surface area contributed by atoms with Crippen molar-refractivity contribution in [2.75, 3.05) is 42.1 Å².